The number of hydrogen-bond acceptors (Lipinski definition) is 7. The summed E-state index contributed by atoms with van der Waals surface area (Å²) < 4.78 is 0. The molecule has 0 saturated carbocycles. The number of aliphatic hydroxyl groups excluding tert-OH is 1. The topological polar surface area (TPSA) is 135 Å². The van der Waals surface area contributed by atoms with Crippen molar-refractivity contribution >= 4 is 23.5 Å². The molecule has 0 spiro atoms. The van der Waals surface area contributed by atoms with Gasteiger partial charge < -0.3 is 24.9 Å². The largest absolute Gasteiger partial charge is 2.00 e. The van der Waals surface area contributed by atoms with Crippen molar-refractivity contribution in [1.82, 2.24) is 0 Å². The van der Waals surface area contributed by atoms with E-state index in [4.69, 9.17) is 5.11 Å². The van der Waals surface area contributed by atoms with Crippen LogP contribution >= 0.6 is 0 Å². The Labute approximate surface area is 158 Å². The van der Waals surface area contributed by atoms with Crippen molar-refractivity contribution in [2.45, 2.75) is 66.2 Å². The third-order valence-corrected chi connectivity index (χ3v) is 2.11. The summed E-state index contributed by atoms with van der Waals surface area (Å²) in [5.74, 6) is -2.63. The van der Waals surface area contributed by atoms with E-state index in [0.717, 1.165) is 0 Å². The maximum Gasteiger partial charge on any atom is 2.00 e. The van der Waals surface area contributed by atoms with Gasteiger partial charge in [0.2, 0.25) is 0 Å². The minimum absolute atomic E-state index is 0. The molecule has 0 bridgehead atoms. The summed E-state index contributed by atoms with van der Waals surface area (Å²) in [6.07, 6.45) is 1.21. The van der Waals surface area contributed by atoms with Crippen LogP contribution in [-0.4, -0.2) is 35.2 Å². The first-order chi connectivity index (χ1) is 10.6. The zero-order chi connectivity index (χ0) is 18.8. The quantitative estimate of drug-likeness (QED) is 0.426. The van der Waals surface area contributed by atoms with Crippen molar-refractivity contribution in [2.75, 3.05) is 6.61 Å². The molecule has 8 heteroatoms. The third-order valence-electron chi connectivity index (χ3n) is 2.11. The number of Topliss-reactive ketones (excluding diaryl/α,β-unsaturated/α-hetero) is 2. The van der Waals surface area contributed by atoms with Crippen LogP contribution in [0.5, 0.6) is 0 Å². The number of rotatable bonds is 9. The Hall–Kier alpha value is -1.05. The van der Waals surface area contributed by atoms with Gasteiger partial charge in [-0.05, 0) is 18.8 Å². The summed E-state index contributed by atoms with van der Waals surface area (Å²) in [4.78, 5) is 40.4. The van der Waals surface area contributed by atoms with Crippen molar-refractivity contribution in [3.63, 3.8) is 0 Å². The first-order valence-electron chi connectivity index (χ1n) is 7.64. The molecule has 0 unspecified atom stereocenters. The number of aliphatic carboxylic acids is 2. The molecule has 0 aromatic heterocycles. The minimum atomic E-state index is -1.28. The normalized spacial score (nSPS) is 8.75. The van der Waals surface area contributed by atoms with Crippen molar-refractivity contribution in [3.05, 3.63) is 0 Å². The molecule has 0 aliphatic rings. The predicted molar refractivity (Wildman–Crippen MR) is 81.0 cm³/mol. The van der Waals surface area contributed by atoms with Crippen LogP contribution in [0.3, 0.4) is 0 Å². The standard InChI is InChI=1S/2C6H10O3.C4H10O.Ti/c2*1-2-3-5(7)4-6(8)9;1-4(2)3-5;/h2*2-4H2,1H3,(H,8,9);4-5H,3H2,1-2H3;/q;;;+2/p-2. The van der Waals surface area contributed by atoms with Gasteiger partial charge >= 0.3 is 21.7 Å². The van der Waals surface area contributed by atoms with Crippen LogP contribution < -0.4 is 10.2 Å². The number of carbonyl (C=O) groups is 4. The Bertz CT molecular complexity index is 324. The number of aliphatic hydroxyl groups is 1. The van der Waals surface area contributed by atoms with Crippen LogP contribution in [0.2, 0.25) is 0 Å². The second-order valence-electron chi connectivity index (χ2n) is 5.25. The average Bonchev–Trinajstić information content (AvgIpc) is 2.38. The van der Waals surface area contributed by atoms with Gasteiger partial charge in [-0.1, -0.05) is 27.7 Å². The summed E-state index contributed by atoms with van der Waals surface area (Å²) in [6, 6.07) is 0. The molecule has 138 valence electrons. The van der Waals surface area contributed by atoms with E-state index >= 15 is 0 Å². The van der Waals surface area contributed by atoms with Crippen LogP contribution in [0.25, 0.3) is 0 Å². The molecule has 0 aromatic carbocycles. The molecular formula is C16H28O7Ti. The summed E-state index contributed by atoms with van der Waals surface area (Å²) >= 11 is 0. The maximum atomic E-state index is 10.4. The Morgan fingerprint density at radius 1 is 0.833 bits per heavy atom. The fraction of sp³-hybridized carbons (Fsp3) is 0.750. The fourth-order valence-electron chi connectivity index (χ4n) is 1.06. The number of ketones is 2. The smallest absolute Gasteiger partial charge is 0.550 e. The Morgan fingerprint density at radius 3 is 1.21 bits per heavy atom. The third kappa shape index (κ3) is 37.3. The molecule has 0 heterocycles. The van der Waals surface area contributed by atoms with E-state index in [9.17, 15) is 29.4 Å². The predicted octanol–water partition coefficient (Wildman–Crippen LogP) is -0.377. The van der Waals surface area contributed by atoms with Gasteiger partial charge in [-0.2, -0.15) is 0 Å². The molecule has 0 saturated heterocycles. The Morgan fingerprint density at radius 2 is 1.08 bits per heavy atom. The van der Waals surface area contributed by atoms with Crippen LogP contribution in [0, 0.1) is 5.92 Å². The van der Waals surface area contributed by atoms with Crippen LogP contribution in [-0.2, 0) is 40.9 Å². The molecule has 0 atom stereocenters. The van der Waals surface area contributed by atoms with Crippen molar-refractivity contribution in [3.8, 4) is 0 Å². The SMILES string of the molecule is CC(C)CO.CCCC(=O)CC(=O)[O-].CCCC(=O)CC(=O)[O-].[Ti+2]. The van der Waals surface area contributed by atoms with Gasteiger partial charge in [0.15, 0.2) is 0 Å². The summed E-state index contributed by atoms with van der Waals surface area (Å²) in [7, 11) is 0. The summed E-state index contributed by atoms with van der Waals surface area (Å²) in [5, 5.41) is 27.6. The van der Waals surface area contributed by atoms with E-state index in [1.165, 1.54) is 0 Å². The monoisotopic (exact) mass is 380 g/mol. The zero-order valence-corrected chi connectivity index (χ0v) is 16.5. The van der Waals surface area contributed by atoms with Gasteiger partial charge in [-0.15, -0.1) is 0 Å². The molecule has 1 N–H and O–H groups in total. The number of carboxylic acid groups (broad SMARTS) is 2. The Kier molecular flexibility index (Phi) is 28.2. The minimum Gasteiger partial charge on any atom is -0.550 e. The first kappa shape index (κ1) is 30.8. The maximum absolute atomic E-state index is 10.4. The molecule has 24 heavy (non-hydrogen) atoms. The Balaban J connectivity index is -0.000000128. The van der Waals surface area contributed by atoms with E-state index in [1.807, 2.05) is 27.7 Å². The second-order valence-corrected chi connectivity index (χ2v) is 5.25. The van der Waals surface area contributed by atoms with Crippen molar-refractivity contribution < 1.29 is 56.2 Å². The number of hydrogen-bond donors (Lipinski definition) is 1. The molecule has 0 rings (SSSR count). The van der Waals surface area contributed by atoms with Crippen LogP contribution in [0.15, 0.2) is 0 Å². The fourth-order valence-corrected chi connectivity index (χ4v) is 1.06. The zero-order valence-electron chi connectivity index (χ0n) is 14.9. The second kappa shape index (κ2) is 22.0. The number of carboxylic acids is 2. The molecule has 0 radical (unpaired) electrons. The van der Waals surface area contributed by atoms with E-state index in [0.29, 0.717) is 38.2 Å². The molecule has 0 fully saturated rings. The van der Waals surface area contributed by atoms with Gasteiger partial charge in [0.1, 0.15) is 11.6 Å². The van der Waals surface area contributed by atoms with E-state index < -0.39 is 24.8 Å². The van der Waals surface area contributed by atoms with Gasteiger partial charge in [0.25, 0.3) is 0 Å². The van der Waals surface area contributed by atoms with Crippen LogP contribution in [0.4, 0.5) is 0 Å². The summed E-state index contributed by atoms with van der Waals surface area (Å²) in [6.45, 7) is 7.90. The molecule has 0 amide bonds. The van der Waals surface area contributed by atoms with Crippen LogP contribution in [0.1, 0.15) is 66.2 Å². The van der Waals surface area contributed by atoms with Gasteiger partial charge in [-0.25, -0.2) is 0 Å². The number of carbonyl (C=O) groups excluding carboxylic acids is 4. The average molecular weight is 380 g/mol. The molecule has 0 aliphatic heterocycles. The van der Waals surface area contributed by atoms with Crippen molar-refractivity contribution in [2.24, 2.45) is 5.92 Å². The van der Waals surface area contributed by atoms with Crippen molar-refractivity contribution in [1.29, 1.82) is 0 Å². The molecule has 0 aliphatic carbocycles. The molecular weight excluding hydrogens is 352 g/mol. The van der Waals surface area contributed by atoms with E-state index in [-0.39, 0.29) is 33.3 Å². The van der Waals surface area contributed by atoms with Gasteiger partial charge in [0, 0.05) is 44.2 Å². The van der Waals surface area contributed by atoms with E-state index in [1.54, 1.807) is 0 Å². The first-order valence-corrected chi connectivity index (χ1v) is 7.64. The molecule has 0 aromatic rings. The van der Waals surface area contributed by atoms with Gasteiger partial charge in [0.05, 0.1) is 0 Å². The summed E-state index contributed by atoms with van der Waals surface area (Å²) in [5.41, 5.74) is 0. The van der Waals surface area contributed by atoms with Gasteiger partial charge in [-0.3, -0.25) is 9.59 Å². The van der Waals surface area contributed by atoms with E-state index in [2.05, 4.69) is 0 Å². The molecule has 7 nitrogen and oxygen atoms in total.